The zero-order valence-electron chi connectivity index (χ0n) is 11.7. The molecule has 0 radical (unpaired) electrons. The molecule has 1 atom stereocenters. The molecule has 96 valence electrons. The van der Waals surface area contributed by atoms with Crippen LogP contribution >= 0.6 is 0 Å². The van der Waals surface area contributed by atoms with Crippen LogP contribution in [0.3, 0.4) is 0 Å². The highest BCUT2D eigenvalue weighted by atomic mass is 14.9. The van der Waals surface area contributed by atoms with Crippen LogP contribution in [0.1, 0.15) is 31.9 Å². The summed E-state index contributed by atoms with van der Waals surface area (Å²) < 4.78 is 0. The minimum absolute atomic E-state index is 0.677. The van der Waals surface area contributed by atoms with Gasteiger partial charge in [0.15, 0.2) is 0 Å². The number of aryl methyl sites for hydroxylation is 1. The van der Waals surface area contributed by atoms with Crippen molar-refractivity contribution in [1.29, 1.82) is 0 Å². The van der Waals surface area contributed by atoms with Crippen LogP contribution in [-0.4, -0.2) is 13.1 Å². The zero-order valence-corrected chi connectivity index (χ0v) is 11.7. The molecule has 1 aliphatic heterocycles. The van der Waals surface area contributed by atoms with Crippen LogP contribution in [-0.2, 0) is 6.42 Å². The molecular weight excluding hydrogens is 218 g/mol. The number of nitrogens with one attached hydrogen (secondary N) is 1. The van der Waals surface area contributed by atoms with Crippen molar-refractivity contribution < 1.29 is 0 Å². The van der Waals surface area contributed by atoms with Gasteiger partial charge in [0.25, 0.3) is 0 Å². The summed E-state index contributed by atoms with van der Waals surface area (Å²) in [6.07, 6.45) is 5.64. The van der Waals surface area contributed by atoms with Crippen LogP contribution in [0.2, 0.25) is 0 Å². The standard InChI is InChI=1S/C17H23N/c1-4-15-6-9-16(10-7-15)13(2)5-8-17-12-18-11-14(17)3/h5-10,14,18H,4,11-12H2,1-3H3/b13-5+,17-8-. The predicted octanol–water partition coefficient (Wildman–Crippen LogP) is 3.82. The summed E-state index contributed by atoms with van der Waals surface area (Å²) in [7, 11) is 0. The smallest absolute Gasteiger partial charge is 0.0171 e. The molecule has 2 rings (SSSR count). The van der Waals surface area contributed by atoms with Crippen molar-refractivity contribution in [3.05, 3.63) is 53.1 Å². The van der Waals surface area contributed by atoms with E-state index in [1.54, 1.807) is 0 Å². The second-order valence-corrected chi connectivity index (χ2v) is 5.17. The molecule has 1 fully saturated rings. The van der Waals surface area contributed by atoms with Gasteiger partial charge in [-0.1, -0.05) is 55.8 Å². The molecule has 18 heavy (non-hydrogen) atoms. The van der Waals surface area contributed by atoms with Gasteiger partial charge in [0.1, 0.15) is 0 Å². The van der Waals surface area contributed by atoms with E-state index in [1.807, 2.05) is 0 Å². The highest BCUT2D eigenvalue weighted by molar-refractivity contribution is 5.65. The molecule has 1 nitrogen and oxygen atoms in total. The summed E-state index contributed by atoms with van der Waals surface area (Å²) in [5.74, 6) is 0.677. The van der Waals surface area contributed by atoms with E-state index in [0.29, 0.717) is 5.92 Å². The van der Waals surface area contributed by atoms with Crippen molar-refractivity contribution in [2.45, 2.75) is 27.2 Å². The second kappa shape index (κ2) is 6.01. The maximum Gasteiger partial charge on any atom is 0.0171 e. The molecule has 0 aliphatic carbocycles. The molecular formula is C17H23N. The lowest BCUT2D eigenvalue weighted by atomic mass is 10.0. The third-order valence-corrected chi connectivity index (χ3v) is 3.78. The highest BCUT2D eigenvalue weighted by Gasteiger charge is 2.13. The van der Waals surface area contributed by atoms with E-state index in [1.165, 1.54) is 22.3 Å². The Morgan fingerprint density at radius 3 is 2.61 bits per heavy atom. The normalized spacial score (nSPS) is 22.7. The lowest BCUT2D eigenvalue weighted by Crippen LogP contribution is -2.06. The summed E-state index contributed by atoms with van der Waals surface area (Å²) in [6.45, 7) is 8.82. The molecule has 1 aromatic carbocycles. The van der Waals surface area contributed by atoms with E-state index in [-0.39, 0.29) is 0 Å². The average molecular weight is 241 g/mol. The number of rotatable bonds is 3. The Morgan fingerprint density at radius 2 is 2.06 bits per heavy atom. The first-order chi connectivity index (χ1) is 8.70. The molecule has 0 spiro atoms. The van der Waals surface area contributed by atoms with Gasteiger partial charge in [-0.25, -0.2) is 0 Å². The molecule has 1 aromatic rings. The van der Waals surface area contributed by atoms with Crippen LogP contribution < -0.4 is 5.32 Å². The van der Waals surface area contributed by atoms with Crippen molar-refractivity contribution in [2.75, 3.05) is 13.1 Å². The van der Waals surface area contributed by atoms with Gasteiger partial charge >= 0.3 is 0 Å². The molecule has 0 bridgehead atoms. The van der Waals surface area contributed by atoms with Gasteiger partial charge < -0.3 is 5.32 Å². The third-order valence-electron chi connectivity index (χ3n) is 3.78. The molecule has 1 aliphatic rings. The summed E-state index contributed by atoms with van der Waals surface area (Å²) in [5.41, 5.74) is 5.57. The van der Waals surface area contributed by atoms with Gasteiger partial charge in [0.05, 0.1) is 0 Å². The first-order valence-corrected chi connectivity index (χ1v) is 6.88. The second-order valence-electron chi connectivity index (χ2n) is 5.17. The monoisotopic (exact) mass is 241 g/mol. The molecule has 1 heteroatoms. The molecule has 0 amide bonds. The summed E-state index contributed by atoms with van der Waals surface area (Å²) in [6, 6.07) is 8.89. The molecule has 0 saturated carbocycles. The van der Waals surface area contributed by atoms with Gasteiger partial charge in [-0.15, -0.1) is 0 Å². The van der Waals surface area contributed by atoms with Crippen molar-refractivity contribution >= 4 is 5.57 Å². The SMILES string of the molecule is CCc1ccc(/C(C)=C/C=C2/CNCC2C)cc1. The first kappa shape index (κ1) is 13.1. The molecule has 1 saturated heterocycles. The highest BCUT2D eigenvalue weighted by Crippen LogP contribution is 2.18. The van der Waals surface area contributed by atoms with Crippen LogP contribution in [0.5, 0.6) is 0 Å². The maximum atomic E-state index is 3.40. The fourth-order valence-corrected chi connectivity index (χ4v) is 2.29. The number of hydrogen-bond donors (Lipinski definition) is 1. The molecule has 1 unspecified atom stereocenters. The Kier molecular flexibility index (Phi) is 4.38. The Bertz CT molecular complexity index is 451. The Balaban J connectivity index is 2.12. The lowest BCUT2D eigenvalue weighted by molar-refractivity contribution is 0.719. The van der Waals surface area contributed by atoms with Crippen LogP contribution in [0.25, 0.3) is 5.57 Å². The van der Waals surface area contributed by atoms with Gasteiger partial charge in [0.2, 0.25) is 0 Å². The largest absolute Gasteiger partial charge is 0.312 e. The van der Waals surface area contributed by atoms with E-state index in [0.717, 1.165) is 19.5 Å². The van der Waals surface area contributed by atoms with E-state index in [4.69, 9.17) is 0 Å². The third kappa shape index (κ3) is 3.11. The van der Waals surface area contributed by atoms with Gasteiger partial charge in [-0.2, -0.15) is 0 Å². The Hall–Kier alpha value is -1.34. The maximum absolute atomic E-state index is 3.40. The van der Waals surface area contributed by atoms with Crippen molar-refractivity contribution in [1.82, 2.24) is 5.32 Å². The van der Waals surface area contributed by atoms with Gasteiger partial charge in [0, 0.05) is 13.1 Å². The Labute approximate surface area is 111 Å². The number of hydrogen-bond acceptors (Lipinski definition) is 1. The summed E-state index contributed by atoms with van der Waals surface area (Å²) >= 11 is 0. The molecule has 0 aromatic heterocycles. The van der Waals surface area contributed by atoms with Gasteiger partial charge in [-0.05, 0) is 36.0 Å². The van der Waals surface area contributed by atoms with Crippen molar-refractivity contribution in [3.63, 3.8) is 0 Å². The average Bonchev–Trinajstić information content (AvgIpc) is 2.81. The van der Waals surface area contributed by atoms with Gasteiger partial charge in [-0.3, -0.25) is 0 Å². The Morgan fingerprint density at radius 1 is 1.33 bits per heavy atom. The molecule has 1 N–H and O–H groups in total. The lowest BCUT2D eigenvalue weighted by Gasteiger charge is -2.04. The van der Waals surface area contributed by atoms with Crippen LogP contribution in [0, 0.1) is 5.92 Å². The van der Waals surface area contributed by atoms with E-state index in [9.17, 15) is 0 Å². The van der Waals surface area contributed by atoms with Crippen LogP contribution in [0.4, 0.5) is 0 Å². The summed E-state index contributed by atoms with van der Waals surface area (Å²) in [5, 5.41) is 3.40. The predicted molar refractivity (Wildman–Crippen MR) is 79.6 cm³/mol. The molecule has 1 heterocycles. The van der Waals surface area contributed by atoms with E-state index >= 15 is 0 Å². The van der Waals surface area contributed by atoms with E-state index in [2.05, 4.69) is 62.5 Å². The summed E-state index contributed by atoms with van der Waals surface area (Å²) in [4.78, 5) is 0. The van der Waals surface area contributed by atoms with Crippen molar-refractivity contribution in [2.24, 2.45) is 5.92 Å². The quantitative estimate of drug-likeness (QED) is 0.848. The number of benzene rings is 1. The van der Waals surface area contributed by atoms with Crippen LogP contribution in [0.15, 0.2) is 42.0 Å². The fraction of sp³-hybridized carbons (Fsp3) is 0.412. The van der Waals surface area contributed by atoms with Crippen molar-refractivity contribution in [3.8, 4) is 0 Å². The van der Waals surface area contributed by atoms with E-state index < -0.39 is 0 Å². The minimum Gasteiger partial charge on any atom is -0.312 e. The first-order valence-electron chi connectivity index (χ1n) is 6.88. The zero-order chi connectivity index (χ0) is 13.0. The minimum atomic E-state index is 0.677. The number of allylic oxidation sites excluding steroid dienone is 3. The topological polar surface area (TPSA) is 12.0 Å². The fourth-order valence-electron chi connectivity index (χ4n) is 2.29.